The molecule has 0 radical (unpaired) electrons. The minimum Gasteiger partial charge on any atom is -0.417 e. The number of nitrogens with zero attached hydrogens (tertiary/aromatic N) is 5. The van der Waals surface area contributed by atoms with Crippen molar-refractivity contribution in [2.24, 2.45) is 0 Å². The second-order valence-corrected chi connectivity index (χ2v) is 6.14. The summed E-state index contributed by atoms with van der Waals surface area (Å²) in [4.78, 5) is 12.0. The molecule has 1 atom stereocenters. The van der Waals surface area contributed by atoms with Crippen molar-refractivity contribution in [3.8, 4) is 17.3 Å². The first kappa shape index (κ1) is 17.6. The number of rotatable bonds is 5. The Bertz CT molecular complexity index is 987. The molecule has 8 nitrogen and oxygen atoms in total. The SMILES string of the molecule is Cc1nnc(C(=O)N[C@@H](C)Cn2ccc(-c3ccc(C#N)c(Cl)c3)n2)o1. The second-order valence-electron chi connectivity index (χ2n) is 5.73. The maximum atomic E-state index is 12.0. The molecule has 1 amide bonds. The molecule has 2 heterocycles. The van der Waals surface area contributed by atoms with Gasteiger partial charge in [-0.15, -0.1) is 10.2 Å². The maximum Gasteiger partial charge on any atom is 0.309 e. The second kappa shape index (κ2) is 7.37. The average molecular weight is 371 g/mol. The summed E-state index contributed by atoms with van der Waals surface area (Å²) in [6.07, 6.45) is 1.81. The van der Waals surface area contributed by atoms with Crippen LogP contribution in [0.5, 0.6) is 0 Å². The first-order valence-corrected chi connectivity index (χ1v) is 8.18. The van der Waals surface area contributed by atoms with Crippen LogP contribution in [0.15, 0.2) is 34.9 Å². The number of benzene rings is 1. The topological polar surface area (TPSA) is 110 Å². The molecule has 0 aliphatic rings. The van der Waals surface area contributed by atoms with E-state index >= 15 is 0 Å². The van der Waals surface area contributed by atoms with E-state index in [0.717, 1.165) is 11.3 Å². The third-order valence-electron chi connectivity index (χ3n) is 3.58. The highest BCUT2D eigenvalue weighted by molar-refractivity contribution is 6.32. The fraction of sp³-hybridized carbons (Fsp3) is 0.235. The van der Waals surface area contributed by atoms with Gasteiger partial charge in [0.05, 0.1) is 22.8 Å². The number of halogens is 1. The first-order chi connectivity index (χ1) is 12.5. The molecule has 9 heteroatoms. The number of nitrogens with one attached hydrogen (secondary N) is 1. The minimum absolute atomic E-state index is 0.0669. The van der Waals surface area contributed by atoms with Gasteiger partial charge in [-0.05, 0) is 25.1 Å². The number of aryl methyl sites for hydroxylation is 1. The Balaban J connectivity index is 1.65. The van der Waals surface area contributed by atoms with Crippen LogP contribution in [0.25, 0.3) is 11.3 Å². The summed E-state index contributed by atoms with van der Waals surface area (Å²) in [5.41, 5.74) is 1.95. The fourth-order valence-electron chi connectivity index (χ4n) is 2.38. The molecular weight excluding hydrogens is 356 g/mol. The van der Waals surface area contributed by atoms with E-state index < -0.39 is 5.91 Å². The normalized spacial score (nSPS) is 11.8. The molecule has 0 fully saturated rings. The van der Waals surface area contributed by atoms with Crippen LogP contribution in [0.2, 0.25) is 5.02 Å². The molecule has 1 aromatic carbocycles. The van der Waals surface area contributed by atoms with Gasteiger partial charge in [-0.25, -0.2) is 0 Å². The number of hydrogen-bond donors (Lipinski definition) is 1. The first-order valence-electron chi connectivity index (χ1n) is 7.80. The Hall–Kier alpha value is -3.18. The van der Waals surface area contributed by atoms with E-state index in [0.29, 0.717) is 23.0 Å². The monoisotopic (exact) mass is 370 g/mol. The Labute approximate surface area is 154 Å². The fourth-order valence-corrected chi connectivity index (χ4v) is 2.61. The zero-order chi connectivity index (χ0) is 18.7. The molecule has 1 N–H and O–H groups in total. The van der Waals surface area contributed by atoms with Crippen LogP contribution >= 0.6 is 11.6 Å². The number of carbonyl (C=O) groups excluding carboxylic acids is 1. The third-order valence-corrected chi connectivity index (χ3v) is 3.90. The Morgan fingerprint density at radius 3 is 2.88 bits per heavy atom. The van der Waals surface area contributed by atoms with Gasteiger partial charge in [-0.3, -0.25) is 9.48 Å². The molecule has 0 bridgehead atoms. The molecule has 0 saturated carbocycles. The predicted molar refractivity (Wildman–Crippen MR) is 93.4 cm³/mol. The number of nitriles is 1. The van der Waals surface area contributed by atoms with Crippen molar-refractivity contribution in [3.05, 3.63) is 52.8 Å². The summed E-state index contributed by atoms with van der Waals surface area (Å²) in [6.45, 7) is 3.93. The molecule has 0 saturated heterocycles. The van der Waals surface area contributed by atoms with Crippen molar-refractivity contribution < 1.29 is 9.21 Å². The van der Waals surface area contributed by atoms with E-state index in [-0.39, 0.29) is 11.9 Å². The number of hydrogen-bond acceptors (Lipinski definition) is 6. The van der Waals surface area contributed by atoms with E-state index in [2.05, 4.69) is 20.6 Å². The molecule has 2 aromatic heterocycles. The number of aromatic nitrogens is 4. The van der Waals surface area contributed by atoms with Crippen molar-refractivity contribution in [2.75, 3.05) is 0 Å². The van der Waals surface area contributed by atoms with Crippen molar-refractivity contribution in [1.29, 1.82) is 5.26 Å². The van der Waals surface area contributed by atoms with Crippen LogP contribution in [0, 0.1) is 18.3 Å². The molecular formula is C17H15ClN6O2. The lowest BCUT2D eigenvalue weighted by molar-refractivity contribution is 0.0899. The zero-order valence-corrected chi connectivity index (χ0v) is 14.9. The van der Waals surface area contributed by atoms with E-state index in [4.69, 9.17) is 21.3 Å². The highest BCUT2D eigenvalue weighted by Crippen LogP contribution is 2.24. The van der Waals surface area contributed by atoms with Gasteiger partial charge in [0.25, 0.3) is 0 Å². The summed E-state index contributed by atoms with van der Waals surface area (Å²) < 4.78 is 6.81. The number of carbonyl (C=O) groups is 1. The van der Waals surface area contributed by atoms with E-state index in [1.54, 1.807) is 36.0 Å². The number of amides is 1. The summed E-state index contributed by atoms with van der Waals surface area (Å²) in [6, 6.07) is 8.82. The minimum atomic E-state index is -0.427. The van der Waals surface area contributed by atoms with Gasteiger partial charge in [-0.2, -0.15) is 10.4 Å². The lowest BCUT2D eigenvalue weighted by Gasteiger charge is -2.12. The Morgan fingerprint density at radius 1 is 1.42 bits per heavy atom. The highest BCUT2D eigenvalue weighted by atomic mass is 35.5. The van der Waals surface area contributed by atoms with Crippen LogP contribution in [0.3, 0.4) is 0 Å². The van der Waals surface area contributed by atoms with E-state index in [1.165, 1.54) is 0 Å². The largest absolute Gasteiger partial charge is 0.417 e. The van der Waals surface area contributed by atoms with Crippen molar-refractivity contribution in [1.82, 2.24) is 25.3 Å². The standard InChI is InChI=1S/C17H15ClN6O2/c1-10(20-16(25)17-22-21-11(2)26-17)9-24-6-5-15(23-24)12-3-4-13(8-19)14(18)7-12/h3-7,10H,9H2,1-2H3,(H,20,25)/t10-/m0/s1. The van der Waals surface area contributed by atoms with Crippen molar-refractivity contribution in [3.63, 3.8) is 0 Å². The Morgan fingerprint density at radius 2 is 2.23 bits per heavy atom. The molecule has 0 unspecified atom stereocenters. The van der Waals surface area contributed by atoms with Gasteiger partial charge in [0, 0.05) is 24.7 Å². The highest BCUT2D eigenvalue weighted by Gasteiger charge is 2.16. The van der Waals surface area contributed by atoms with Gasteiger partial charge >= 0.3 is 11.8 Å². The summed E-state index contributed by atoms with van der Waals surface area (Å²) in [7, 11) is 0. The van der Waals surface area contributed by atoms with Crippen molar-refractivity contribution >= 4 is 17.5 Å². The smallest absolute Gasteiger partial charge is 0.309 e. The van der Waals surface area contributed by atoms with Crippen LogP contribution in [0.1, 0.15) is 29.1 Å². The van der Waals surface area contributed by atoms with Gasteiger partial charge in [0.1, 0.15) is 6.07 Å². The van der Waals surface area contributed by atoms with Gasteiger partial charge in [0.2, 0.25) is 5.89 Å². The van der Waals surface area contributed by atoms with E-state index in [1.807, 2.05) is 19.1 Å². The molecule has 3 aromatic rings. The quantitative estimate of drug-likeness (QED) is 0.739. The zero-order valence-electron chi connectivity index (χ0n) is 14.1. The molecule has 0 aliphatic carbocycles. The summed E-state index contributed by atoms with van der Waals surface area (Å²) >= 11 is 6.06. The van der Waals surface area contributed by atoms with Crippen LogP contribution in [0.4, 0.5) is 0 Å². The molecule has 132 valence electrons. The van der Waals surface area contributed by atoms with Crippen molar-refractivity contribution in [2.45, 2.75) is 26.4 Å². The van der Waals surface area contributed by atoms with E-state index in [9.17, 15) is 4.79 Å². The molecule has 3 rings (SSSR count). The van der Waals surface area contributed by atoms with Crippen LogP contribution in [-0.2, 0) is 6.54 Å². The summed E-state index contributed by atoms with van der Waals surface area (Å²) in [5, 5.41) is 23.9. The lowest BCUT2D eigenvalue weighted by atomic mass is 10.1. The average Bonchev–Trinajstić information content (AvgIpc) is 3.24. The van der Waals surface area contributed by atoms with Gasteiger partial charge in [-0.1, -0.05) is 17.7 Å². The van der Waals surface area contributed by atoms with Crippen LogP contribution in [-0.4, -0.2) is 31.9 Å². The Kier molecular flexibility index (Phi) is 5.00. The van der Waals surface area contributed by atoms with Crippen LogP contribution < -0.4 is 5.32 Å². The predicted octanol–water partition coefficient (Wildman–Crippen LogP) is 2.59. The van der Waals surface area contributed by atoms with Gasteiger partial charge < -0.3 is 9.73 Å². The lowest BCUT2D eigenvalue weighted by Crippen LogP contribution is -2.36. The van der Waals surface area contributed by atoms with Gasteiger partial charge in [0.15, 0.2) is 0 Å². The molecule has 0 spiro atoms. The maximum absolute atomic E-state index is 12.0. The third kappa shape index (κ3) is 3.90. The molecule has 0 aliphatic heterocycles. The summed E-state index contributed by atoms with van der Waals surface area (Å²) in [5.74, 6) is -0.160. The molecule has 26 heavy (non-hydrogen) atoms.